The van der Waals surface area contributed by atoms with E-state index in [1.165, 1.54) is 131 Å². The molecular formula is C79H63P3. The molecule has 0 atom stereocenters. The van der Waals surface area contributed by atoms with Gasteiger partial charge in [0, 0.05) is 0 Å². The first-order valence-corrected chi connectivity index (χ1v) is 34.1. The Hall–Kier alpha value is -7.81. The third-order valence-electron chi connectivity index (χ3n) is 17.8. The van der Waals surface area contributed by atoms with Crippen LogP contribution in [0.1, 0.15) is 50.1 Å². The predicted molar refractivity (Wildman–Crippen MR) is 359 cm³/mol. The smallest absolute Gasteiger partial charge is 0.00232 e. The summed E-state index contributed by atoms with van der Waals surface area (Å²) >= 11 is 0. The highest BCUT2D eigenvalue weighted by Crippen LogP contribution is 2.57. The van der Waals surface area contributed by atoms with Crippen LogP contribution in [0.2, 0.25) is 0 Å². The molecule has 0 nitrogen and oxygen atoms in total. The number of benzene rings is 13. The van der Waals surface area contributed by atoms with Crippen molar-refractivity contribution in [2.75, 3.05) is 0 Å². The maximum Gasteiger partial charge on any atom is -0.00232 e. The normalized spacial score (nSPS) is 14.0. The maximum atomic E-state index is 2.52. The molecule has 6 aliphatic rings. The highest BCUT2D eigenvalue weighted by Gasteiger charge is 2.31. The molecular weight excluding hydrogens is 1040 g/mol. The van der Waals surface area contributed by atoms with Crippen molar-refractivity contribution in [1.82, 2.24) is 0 Å². The van der Waals surface area contributed by atoms with E-state index in [-0.39, 0.29) is 0 Å². The van der Waals surface area contributed by atoms with Gasteiger partial charge in [0.2, 0.25) is 0 Å². The topological polar surface area (TPSA) is 0 Å². The number of fused-ring (bicyclic) bond motifs is 14. The fourth-order valence-corrected chi connectivity index (χ4v) is 22.2. The Bertz CT molecular complexity index is 4150. The van der Waals surface area contributed by atoms with Crippen molar-refractivity contribution >= 4 is 93.4 Å². The second-order valence-electron chi connectivity index (χ2n) is 22.7. The van der Waals surface area contributed by atoms with E-state index in [0.717, 1.165) is 50.3 Å². The minimum absolute atomic E-state index is 0.507. The lowest BCUT2D eigenvalue weighted by Gasteiger charge is -2.26. The van der Waals surface area contributed by atoms with E-state index in [2.05, 4.69) is 274 Å². The zero-order valence-electron chi connectivity index (χ0n) is 46.4. The lowest BCUT2D eigenvalue weighted by atomic mass is 9.88. The van der Waals surface area contributed by atoms with Crippen LogP contribution in [0.3, 0.4) is 0 Å². The molecule has 4 bridgehead atoms. The van der Waals surface area contributed by atoms with Crippen molar-refractivity contribution < 1.29 is 0 Å². The van der Waals surface area contributed by atoms with Gasteiger partial charge in [-0.15, -0.1) is 0 Å². The molecule has 2 heterocycles. The van der Waals surface area contributed by atoms with Crippen molar-refractivity contribution in [2.24, 2.45) is 0 Å². The van der Waals surface area contributed by atoms with Gasteiger partial charge in [-0.2, -0.15) is 0 Å². The number of hydrogen-bond donors (Lipinski definition) is 0. The molecule has 0 amide bonds. The third-order valence-corrected chi connectivity index (χ3v) is 25.5. The van der Waals surface area contributed by atoms with Gasteiger partial charge in [-0.05, 0) is 207 Å². The standard InChI is InChI=1S/C50H36P2.C29H27P/c1-5-15-41-33(11-1)21-25-37-29-51(30-38-26-22-34-12-2-6-16-42(34)48(38)47(37)41)45-19-9-10-20-46(45)52-31-39-27-23-35-13-3-7-17-43(35)49(39)50-40(32-52)28-24-36-14-4-8-18-44(36)50;1-22-20-23-12-16-25(22)17-13-24-15-19-26(18-14-23)29(21-24)30(27-8-4-2-5-9-27)28-10-6-3-7-11-28/h1-28H,29-32H2;2-12,15-16,19-21H,13-14,17-18H2,1H3. The average Bonchev–Trinajstić information content (AvgIpc) is 3.54. The maximum absolute atomic E-state index is 2.52. The summed E-state index contributed by atoms with van der Waals surface area (Å²) in [6.07, 6.45) is 8.79. The second-order valence-corrected chi connectivity index (χ2v) is 29.3. The van der Waals surface area contributed by atoms with Crippen molar-refractivity contribution in [3.8, 4) is 22.3 Å². The summed E-state index contributed by atoms with van der Waals surface area (Å²) in [6.45, 7) is 2.27. The fourth-order valence-electron chi connectivity index (χ4n) is 13.8. The number of rotatable bonds is 5. The lowest BCUT2D eigenvalue weighted by molar-refractivity contribution is 0.917. The van der Waals surface area contributed by atoms with Gasteiger partial charge in [-0.3, -0.25) is 0 Å². The molecule has 0 aromatic heterocycles. The van der Waals surface area contributed by atoms with Crippen molar-refractivity contribution in [1.29, 1.82) is 0 Å². The molecule has 394 valence electrons. The fraction of sp³-hybridized carbons (Fsp3) is 0.114. The van der Waals surface area contributed by atoms with Gasteiger partial charge in [0.1, 0.15) is 0 Å². The Labute approximate surface area is 486 Å². The van der Waals surface area contributed by atoms with Crippen LogP contribution in [-0.2, 0) is 50.3 Å². The summed E-state index contributed by atoms with van der Waals surface area (Å²) in [7, 11) is -1.58. The molecule has 0 N–H and O–H groups in total. The van der Waals surface area contributed by atoms with E-state index in [1.807, 2.05) is 0 Å². The van der Waals surface area contributed by atoms with Gasteiger partial charge in [0.05, 0.1) is 0 Å². The minimum atomic E-state index is -0.562. The first kappa shape index (κ1) is 51.1. The highest BCUT2D eigenvalue weighted by atomic mass is 31.1. The Balaban J connectivity index is 0.000000163. The molecule has 0 spiro atoms. The Morgan fingerprint density at radius 3 is 1.01 bits per heavy atom. The molecule has 0 saturated carbocycles. The molecule has 0 unspecified atom stereocenters. The zero-order chi connectivity index (χ0) is 54.5. The van der Waals surface area contributed by atoms with Crippen molar-refractivity contribution in [2.45, 2.75) is 57.3 Å². The molecule has 13 aromatic carbocycles. The summed E-state index contributed by atoms with van der Waals surface area (Å²) in [4.78, 5) is 0. The van der Waals surface area contributed by atoms with E-state index in [0.29, 0.717) is 0 Å². The molecule has 0 fully saturated rings. The SMILES string of the molecule is Cc1cc2ccc1CCc1ccc(c(P(c3ccccc3)c3ccccc3)c1)CC2.c1ccc(P2Cc3ccc4ccccc4c3-c3c(ccc4ccccc34)C2)c(P2Cc3ccc4ccccc4c3-c3c(ccc4ccccc34)C2)c1. The van der Waals surface area contributed by atoms with Gasteiger partial charge >= 0.3 is 0 Å². The Morgan fingerprint density at radius 2 is 0.610 bits per heavy atom. The van der Waals surface area contributed by atoms with Gasteiger partial charge in [0.15, 0.2) is 0 Å². The summed E-state index contributed by atoms with van der Waals surface area (Å²) in [6, 6.07) is 102. The zero-order valence-corrected chi connectivity index (χ0v) is 49.1. The number of aryl methyl sites for hydroxylation is 5. The summed E-state index contributed by atoms with van der Waals surface area (Å²) < 4.78 is 0. The largest absolute Gasteiger partial charge is 0.0656 e. The molecule has 19 rings (SSSR count). The highest BCUT2D eigenvalue weighted by molar-refractivity contribution is 7.80. The average molecular weight is 1110 g/mol. The Kier molecular flexibility index (Phi) is 13.8. The minimum Gasteiger partial charge on any atom is -0.0656 e. The van der Waals surface area contributed by atoms with Gasteiger partial charge < -0.3 is 0 Å². The molecule has 13 aromatic rings. The molecule has 0 saturated heterocycles. The second kappa shape index (κ2) is 22.2. The number of hydrogen-bond acceptors (Lipinski definition) is 0. The summed E-state index contributed by atoms with van der Waals surface area (Å²) in [5.74, 6) is 0. The Morgan fingerprint density at radius 1 is 0.280 bits per heavy atom. The van der Waals surface area contributed by atoms with Crippen LogP contribution in [0.5, 0.6) is 0 Å². The molecule has 0 radical (unpaired) electrons. The van der Waals surface area contributed by atoms with Crippen molar-refractivity contribution in [3.63, 3.8) is 0 Å². The van der Waals surface area contributed by atoms with E-state index in [9.17, 15) is 0 Å². The van der Waals surface area contributed by atoms with Gasteiger partial charge in [0.25, 0.3) is 0 Å². The van der Waals surface area contributed by atoms with Crippen LogP contribution in [0.25, 0.3) is 65.3 Å². The third kappa shape index (κ3) is 9.60. The summed E-state index contributed by atoms with van der Waals surface area (Å²) in [5.41, 5.74) is 19.1. The van der Waals surface area contributed by atoms with Gasteiger partial charge in [-0.1, -0.05) is 283 Å². The molecule has 4 aliphatic carbocycles. The first-order valence-electron chi connectivity index (χ1n) is 29.3. The monoisotopic (exact) mass is 1100 g/mol. The van der Waals surface area contributed by atoms with E-state index >= 15 is 0 Å². The van der Waals surface area contributed by atoms with E-state index in [1.54, 1.807) is 10.6 Å². The van der Waals surface area contributed by atoms with Crippen LogP contribution >= 0.6 is 23.8 Å². The van der Waals surface area contributed by atoms with Crippen LogP contribution in [0.15, 0.2) is 267 Å². The van der Waals surface area contributed by atoms with Crippen molar-refractivity contribution in [3.05, 3.63) is 317 Å². The van der Waals surface area contributed by atoms with Crippen LogP contribution in [-0.4, -0.2) is 0 Å². The lowest BCUT2D eigenvalue weighted by Crippen LogP contribution is -2.24. The molecule has 2 aliphatic heterocycles. The molecule has 82 heavy (non-hydrogen) atoms. The van der Waals surface area contributed by atoms with Gasteiger partial charge in [-0.25, -0.2) is 0 Å². The summed E-state index contributed by atoms with van der Waals surface area (Å²) in [5, 5.41) is 18.4. The molecule has 3 heteroatoms. The van der Waals surface area contributed by atoms with Crippen LogP contribution < -0.4 is 26.5 Å². The predicted octanol–water partition coefficient (Wildman–Crippen LogP) is 18.9. The quantitative estimate of drug-likeness (QED) is 0.151. The van der Waals surface area contributed by atoms with E-state index < -0.39 is 23.8 Å². The first-order chi connectivity index (χ1) is 40.6. The van der Waals surface area contributed by atoms with E-state index in [4.69, 9.17) is 0 Å². The van der Waals surface area contributed by atoms with Crippen LogP contribution in [0.4, 0.5) is 0 Å². The van der Waals surface area contributed by atoms with Crippen LogP contribution in [0, 0.1) is 6.92 Å².